The molecule has 2 heteroatoms. The van der Waals surface area contributed by atoms with Crippen LogP contribution in [0.3, 0.4) is 0 Å². The fraction of sp³-hybridized carbons (Fsp3) is 0.368. The van der Waals surface area contributed by atoms with Crippen molar-refractivity contribution < 1.29 is 5.11 Å². The fourth-order valence-electron chi connectivity index (χ4n) is 3.41. The van der Waals surface area contributed by atoms with E-state index in [1.165, 1.54) is 11.1 Å². The van der Waals surface area contributed by atoms with E-state index in [1.54, 1.807) is 0 Å². The molecule has 0 aromatic heterocycles. The van der Waals surface area contributed by atoms with E-state index in [-0.39, 0.29) is 11.5 Å². The fourth-order valence-corrected chi connectivity index (χ4v) is 3.41. The Labute approximate surface area is 126 Å². The number of para-hydroxylation sites is 1. The molecule has 0 heterocycles. The third-order valence-corrected chi connectivity index (χ3v) is 4.50. The van der Waals surface area contributed by atoms with Crippen LogP contribution in [0.15, 0.2) is 48.5 Å². The van der Waals surface area contributed by atoms with E-state index in [1.807, 2.05) is 25.1 Å². The molecule has 0 spiro atoms. The molecule has 1 aliphatic rings. The van der Waals surface area contributed by atoms with E-state index < -0.39 is 6.10 Å². The minimum Gasteiger partial charge on any atom is -0.389 e. The molecule has 0 saturated carbocycles. The van der Waals surface area contributed by atoms with Crippen molar-refractivity contribution in [3.8, 4) is 0 Å². The molecule has 0 bridgehead atoms. The Kier molecular flexibility index (Phi) is 3.50. The molecule has 0 radical (unpaired) electrons. The van der Waals surface area contributed by atoms with Crippen LogP contribution in [0.2, 0.25) is 0 Å². The van der Waals surface area contributed by atoms with Gasteiger partial charge >= 0.3 is 0 Å². The molecule has 0 fully saturated rings. The summed E-state index contributed by atoms with van der Waals surface area (Å²) in [5.41, 5.74) is 4.95. The summed E-state index contributed by atoms with van der Waals surface area (Å²) in [5, 5.41) is 13.6. The maximum Gasteiger partial charge on any atom is 0.0781 e. The number of hydrogen-bond donors (Lipinski definition) is 2. The van der Waals surface area contributed by atoms with Crippen LogP contribution in [0.5, 0.6) is 0 Å². The lowest BCUT2D eigenvalue weighted by atomic mass is 9.85. The molecule has 3 rings (SSSR count). The number of fused-ring (bicyclic) bond motifs is 1. The first-order valence-electron chi connectivity index (χ1n) is 7.60. The second kappa shape index (κ2) is 5.19. The van der Waals surface area contributed by atoms with Crippen LogP contribution in [0, 0.1) is 5.41 Å². The molecule has 0 aliphatic heterocycles. The van der Waals surface area contributed by atoms with Gasteiger partial charge in [0.1, 0.15) is 0 Å². The predicted molar refractivity (Wildman–Crippen MR) is 87.4 cm³/mol. The summed E-state index contributed by atoms with van der Waals surface area (Å²) in [5.74, 6) is 0. The molecular formula is C19H23NO. The van der Waals surface area contributed by atoms with E-state index in [0.717, 1.165) is 17.7 Å². The smallest absolute Gasteiger partial charge is 0.0781 e. The largest absolute Gasteiger partial charge is 0.389 e. The van der Waals surface area contributed by atoms with Gasteiger partial charge in [-0.2, -0.15) is 0 Å². The van der Waals surface area contributed by atoms with Crippen LogP contribution >= 0.6 is 0 Å². The van der Waals surface area contributed by atoms with Crippen molar-refractivity contribution in [3.05, 3.63) is 65.2 Å². The van der Waals surface area contributed by atoms with Crippen LogP contribution < -0.4 is 5.32 Å². The van der Waals surface area contributed by atoms with Gasteiger partial charge in [-0.3, -0.25) is 0 Å². The summed E-state index contributed by atoms with van der Waals surface area (Å²) in [7, 11) is 0. The SMILES string of the molecule is CC(O)c1ccccc1NC1c2ccccc2CC1(C)C. The first-order valence-corrected chi connectivity index (χ1v) is 7.60. The first kappa shape index (κ1) is 14.2. The number of benzene rings is 2. The van der Waals surface area contributed by atoms with Crippen molar-refractivity contribution in [1.82, 2.24) is 0 Å². The van der Waals surface area contributed by atoms with Crippen molar-refractivity contribution in [1.29, 1.82) is 0 Å². The zero-order valence-corrected chi connectivity index (χ0v) is 12.9. The molecule has 110 valence electrons. The Bertz CT molecular complexity index is 646. The summed E-state index contributed by atoms with van der Waals surface area (Å²) in [6.07, 6.45) is 0.617. The van der Waals surface area contributed by atoms with Crippen molar-refractivity contribution >= 4 is 5.69 Å². The van der Waals surface area contributed by atoms with Crippen molar-refractivity contribution in [3.63, 3.8) is 0 Å². The molecular weight excluding hydrogens is 258 g/mol. The third-order valence-electron chi connectivity index (χ3n) is 4.50. The molecule has 1 aliphatic carbocycles. The Morgan fingerprint density at radius 3 is 2.52 bits per heavy atom. The summed E-state index contributed by atoms with van der Waals surface area (Å²) in [4.78, 5) is 0. The van der Waals surface area contributed by atoms with Crippen LogP contribution in [0.1, 0.15) is 49.6 Å². The molecule has 2 aromatic carbocycles. The third kappa shape index (κ3) is 2.56. The van der Waals surface area contributed by atoms with Gasteiger partial charge in [0.2, 0.25) is 0 Å². The van der Waals surface area contributed by atoms with Crippen LogP contribution in [-0.4, -0.2) is 5.11 Å². The monoisotopic (exact) mass is 281 g/mol. The standard InChI is InChI=1S/C19H23NO/c1-13(21)15-9-6-7-11-17(15)20-18-16-10-5-4-8-14(16)12-19(18,2)3/h4-11,13,18,20-21H,12H2,1-3H3. The second-order valence-electron chi connectivity index (χ2n) is 6.70. The van der Waals surface area contributed by atoms with E-state index >= 15 is 0 Å². The molecule has 2 atom stereocenters. The van der Waals surface area contributed by atoms with Crippen molar-refractivity contribution in [2.45, 2.75) is 39.3 Å². The minimum atomic E-state index is -0.464. The first-order chi connectivity index (χ1) is 9.99. The van der Waals surface area contributed by atoms with E-state index in [0.29, 0.717) is 0 Å². The summed E-state index contributed by atoms with van der Waals surface area (Å²) >= 11 is 0. The van der Waals surface area contributed by atoms with E-state index in [2.05, 4.69) is 49.5 Å². The maximum atomic E-state index is 9.96. The Morgan fingerprint density at radius 2 is 1.76 bits per heavy atom. The zero-order chi connectivity index (χ0) is 15.0. The topological polar surface area (TPSA) is 32.3 Å². The van der Waals surface area contributed by atoms with Crippen LogP contribution in [0.4, 0.5) is 5.69 Å². The number of aliphatic hydroxyl groups excluding tert-OH is 1. The second-order valence-corrected chi connectivity index (χ2v) is 6.70. The summed E-state index contributed by atoms with van der Waals surface area (Å²) in [6, 6.07) is 17.0. The minimum absolute atomic E-state index is 0.162. The normalized spacial score (nSPS) is 20.9. The number of hydrogen-bond acceptors (Lipinski definition) is 2. The van der Waals surface area contributed by atoms with Gasteiger partial charge in [-0.1, -0.05) is 56.3 Å². The predicted octanol–water partition coefficient (Wildman–Crippen LogP) is 4.48. The van der Waals surface area contributed by atoms with Gasteiger partial charge < -0.3 is 10.4 Å². The van der Waals surface area contributed by atoms with Gasteiger partial charge in [-0.25, -0.2) is 0 Å². The lowest BCUT2D eigenvalue weighted by molar-refractivity contribution is 0.199. The molecule has 2 N–H and O–H groups in total. The van der Waals surface area contributed by atoms with Crippen molar-refractivity contribution in [2.75, 3.05) is 5.32 Å². The molecule has 2 aromatic rings. The van der Waals surface area contributed by atoms with Gasteiger partial charge in [0.15, 0.2) is 0 Å². The van der Waals surface area contributed by atoms with Crippen LogP contribution in [0.25, 0.3) is 0 Å². The number of nitrogens with one attached hydrogen (secondary N) is 1. The number of aliphatic hydroxyl groups is 1. The Balaban J connectivity index is 1.98. The van der Waals surface area contributed by atoms with Gasteiger partial charge in [-0.05, 0) is 36.0 Å². The molecule has 0 saturated heterocycles. The highest BCUT2D eigenvalue weighted by Crippen LogP contribution is 2.47. The highest BCUT2D eigenvalue weighted by molar-refractivity contribution is 5.55. The zero-order valence-electron chi connectivity index (χ0n) is 12.9. The lowest BCUT2D eigenvalue weighted by Gasteiger charge is -2.30. The lowest BCUT2D eigenvalue weighted by Crippen LogP contribution is -2.25. The average Bonchev–Trinajstić information content (AvgIpc) is 2.70. The van der Waals surface area contributed by atoms with Crippen molar-refractivity contribution in [2.24, 2.45) is 5.41 Å². The molecule has 2 nitrogen and oxygen atoms in total. The van der Waals surface area contributed by atoms with Gasteiger partial charge in [-0.15, -0.1) is 0 Å². The van der Waals surface area contributed by atoms with E-state index in [9.17, 15) is 5.11 Å². The quantitative estimate of drug-likeness (QED) is 0.869. The highest BCUT2D eigenvalue weighted by Gasteiger charge is 2.38. The highest BCUT2D eigenvalue weighted by atomic mass is 16.3. The average molecular weight is 281 g/mol. The number of rotatable bonds is 3. The Hall–Kier alpha value is -1.80. The van der Waals surface area contributed by atoms with Gasteiger partial charge in [0.05, 0.1) is 12.1 Å². The number of anilines is 1. The van der Waals surface area contributed by atoms with Gasteiger partial charge in [0, 0.05) is 11.3 Å². The summed E-state index contributed by atoms with van der Waals surface area (Å²) < 4.78 is 0. The molecule has 0 amide bonds. The molecule has 21 heavy (non-hydrogen) atoms. The Morgan fingerprint density at radius 1 is 1.10 bits per heavy atom. The summed E-state index contributed by atoms with van der Waals surface area (Å²) in [6.45, 7) is 6.42. The van der Waals surface area contributed by atoms with Gasteiger partial charge in [0.25, 0.3) is 0 Å². The van der Waals surface area contributed by atoms with E-state index in [4.69, 9.17) is 0 Å². The van der Waals surface area contributed by atoms with Crippen LogP contribution in [-0.2, 0) is 6.42 Å². The molecule has 2 unspecified atom stereocenters. The maximum absolute atomic E-state index is 9.96.